The minimum absolute atomic E-state index is 0.110. The van der Waals surface area contributed by atoms with E-state index in [2.05, 4.69) is 36.5 Å². The summed E-state index contributed by atoms with van der Waals surface area (Å²) >= 11 is 1.69. The summed E-state index contributed by atoms with van der Waals surface area (Å²) in [4.78, 5) is 4.57. The van der Waals surface area contributed by atoms with E-state index >= 15 is 0 Å². The van der Waals surface area contributed by atoms with Gasteiger partial charge in [0.25, 0.3) is 0 Å². The van der Waals surface area contributed by atoms with Crippen LogP contribution in [0, 0.1) is 0 Å². The van der Waals surface area contributed by atoms with E-state index in [0.29, 0.717) is 19.7 Å². The first-order chi connectivity index (χ1) is 7.93. The molecule has 4 nitrogen and oxygen atoms in total. The van der Waals surface area contributed by atoms with Gasteiger partial charge in [-0.05, 0) is 0 Å². The van der Waals surface area contributed by atoms with Crippen LogP contribution in [0.15, 0.2) is 5.38 Å². The van der Waals surface area contributed by atoms with Crippen LogP contribution >= 0.6 is 11.3 Å². The fraction of sp³-hybridized carbons (Fsp3) is 0.750. The van der Waals surface area contributed by atoms with E-state index in [4.69, 9.17) is 4.74 Å². The lowest BCUT2D eigenvalue weighted by Crippen LogP contribution is -2.29. The maximum Gasteiger partial charge on any atom is 0.0982 e. The fourth-order valence-corrected chi connectivity index (χ4v) is 2.26. The lowest BCUT2D eigenvalue weighted by molar-refractivity contribution is 0.0643. The van der Waals surface area contributed by atoms with Gasteiger partial charge in [-0.1, -0.05) is 20.8 Å². The smallest absolute Gasteiger partial charge is 0.0982 e. The third-order valence-electron chi connectivity index (χ3n) is 2.24. The Bertz CT molecular complexity index is 333. The number of hydrogen-bond acceptors (Lipinski definition) is 5. The fourth-order valence-electron chi connectivity index (χ4n) is 1.35. The van der Waals surface area contributed by atoms with Crippen LogP contribution in [0.2, 0.25) is 0 Å². The molecular weight excluding hydrogens is 236 g/mol. The summed E-state index contributed by atoms with van der Waals surface area (Å²) in [5.41, 5.74) is 1.14. The van der Waals surface area contributed by atoms with E-state index in [-0.39, 0.29) is 5.41 Å². The Morgan fingerprint density at radius 1 is 1.53 bits per heavy atom. The van der Waals surface area contributed by atoms with Crippen LogP contribution in [-0.4, -0.2) is 36.5 Å². The number of ether oxygens (including phenoxy) is 1. The summed E-state index contributed by atoms with van der Waals surface area (Å²) in [6.45, 7) is 8.04. The van der Waals surface area contributed by atoms with Crippen LogP contribution in [0.3, 0.4) is 0 Å². The Morgan fingerprint density at radius 2 is 2.24 bits per heavy atom. The van der Waals surface area contributed by atoms with Gasteiger partial charge in [-0.25, -0.2) is 4.98 Å². The highest BCUT2D eigenvalue weighted by molar-refractivity contribution is 7.09. The molecule has 1 aromatic heterocycles. The number of rotatable bonds is 6. The molecule has 0 amide bonds. The molecule has 0 spiro atoms. The molecule has 0 saturated carbocycles. The van der Waals surface area contributed by atoms with Gasteiger partial charge in [0.15, 0.2) is 0 Å². The topological polar surface area (TPSA) is 54.4 Å². The van der Waals surface area contributed by atoms with Gasteiger partial charge in [-0.15, -0.1) is 11.3 Å². The van der Waals surface area contributed by atoms with Gasteiger partial charge in [-0.2, -0.15) is 0 Å². The average Bonchev–Trinajstić information content (AvgIpc) is 2.66. The monoisotopic (exact) mass is 258 g/mol. The molecule has 0 radical (unpaired) electrons. The number of aromatic nitrogens is 1. The largest absolute Gasteiger partial charge is 0.389 e. The molecule has 0 aliphatic rings. The lowest BCUT2D eigenvalue weighted by atomic mass is 9.98. The Morgan fingerprint density at radius 3 is 2.76 bits per heavy atom. The van der Waals surface area contributed by atoms with Crippen molar-refractivity contribution in [2.45, 2.75) is 38.8 Å². The highest BCUT2D eigenvalue weighted by Crippen LogP contribution is 2.25. The Balaban J connectivity index is 2.35. The normalized spacial score (nSPS) is 13.9. The van der Waals surface area contributed by atoms with Crippen LogP contribution in [0.25, 0.3) is 0 Å². The third kappa shape index (κ3) is 5.12. The number of thiazole rings is 1. The second kappa shape index (κ2) is 6.44. The second-order valence-corrected chi connectivity index (χ2v) is 5.99. The van der Waals surface area contributed by atoms with E-state index < -0.39 is 6.10 Å². The zero-order valence-corrected chi connectivity index (χ0v) is 11.8. The summed E-state index contributed by atoms with van der Waals surface area (Å²) in [5.74, 6) is 0. The van der Waals surface area contributed by atoms with Gasteiger partial charge in [-0.3, -0.25) is 0 Å². The van der Waals surface area contributed by atoms with Gasteiger partial charge >= 0.3 is 0 Å². The Kier molecular flexibility index (Phi) is 5.52. The first-order valence-corrected chi connectivity index (χ1v) is 6.64. The van der Waals surface area contributed by atoms with Crippen LogP contribution in [0.4, 0.5) is 0 Å². The summed E-state index contributed by atoms with van der Waals surface area (Å²) in [7, 11) is 1.58. The van der Waals surface area contributed by atoms with Crippen molar-refractivity contribution < 1.29 is 9.84 Å². The number of aliphatic hydroxyl groups excluding tert-OH is 1. The summed E-state index contributed by atoms with van der Waals surface area (Å²) in [6, 6.07) is 0. The van der Waals surface area contributed by atoms with Crippen molar-refractivity contribution in [2.24, 2.45) is 0 Å². The van der Waals surface area contributed by atoms with Crippen molar-refractivity contribution in [1.82, 2.24) is 10.3 Å². The number of hydrogen-bond donors (Lipinski definition) is 2. The molecule has 2 N–H and O–H groups in total. The molecule has 0 aromatic carbocycles. The standard InChI is InChI=1S/C12H22N2O2S/c1-12(2,3)11-14-9(8-17-11)5-13-6-10(15)7-16-4/h8,10,13,15H,5-7H2,1-4H3. The maximum atomic E-state index is 9.46. The number of nitrogens with zero attached hydrogens (tertiary/aromatic N) is 1. The molecule has 0 aliphatic carbocycles. The third-order valence-corrected chi connectivity index (χ3v) is 3.56. The zero-order valence-electron chi connectivity index (χ0n) is 11.0. The molecule has 0 aliphatic heterocycles. The SMILES string of the molecule is COCC(O)CNCc1csc(C(C)(C)C)n1. The van der Waals surface area contributed by atoms with Crippen LogP contribution in [0.1, 0.15) is 31.5 Å². The number of aliphatic hydroxyl groups is 1. The first kappa shape index (κ1) is 14.6. The molecule has 98 valence electrons. The van der Waals surface area contributed by atoms with Crippen LogP contribution < -0.4 is 5.32 Å². The van der Waals surface area contributed by atoms with E-state index in [9.17, 15) is 5.11 Å². The zero-order chi connectivity index (χ0) is 12.9. The van der Waals surface area contributed by atoms with Crippen molar-refractivity contribution in [1.29, 1.82) is 0 Å². The molecule has 1 unspecified atom stereocenters. The first-order valence-electron chi connectivity index (χ1n) is 5.76. The lowest BCUT2D eigenvalue weighted by Gasteiger charge is -2.13. The van der Waals surface area contributed by atoms with Gasteiger partial charge in [0, 0.05) is 31.0 Å². The van der Waals surface area contributed by atoms with Gasteiger partial charge in [0.05, 0.1) is 23.4 Å². The minimum Gasteiger partial charge on any atom is -0.389 e. The second-order valence-electron chi connectivity index (χ2n) is 5.13. The Hall–Kier alpha value is -0.490. The van der Waals surface area contributed by atoms with Crippen molar-refractivity contribution in [3.8, 4) is 0 Å². The number of methoxy groups -OCH3 is 1. The highest BCUT2D eigenvalue weighted by Gasteiger charge is 2.17. The Labute approximate surface area is 107 Å². The van der Waals surface area contributed by atoms with Gasteiger partial charge in [0.1, 0.15) is 0 Å². The molecule has 0 bridgehead atoms. The number of nitrogens with one attached hydrogen (secondary N) is 1. The maximum absolute atomic E-state index is 9.46. The summed E-state index contributed by atoms with van der Waals surface area (Å²) in [6.07, 6.45) is -0.458. The predicted octanol–water partition coefficient (Wildman–Crippen LogP) is 1.54. The molecule has 17 heavy (non-hydrogen) atoms. The van der Waals surface area contributed by atoms with Crippen molar-refractivity contribution >= 4 is 11.3 Å². The van der Waals surface area contributed by atoms with Crippen molar-refractivity contribution in [3.05, 3.63) is 16.1 Å². The van der Waals surface area contributed by atoms with E-state index in [1.165, 1.54) is 0 Å². The summed E-state index contributed by atoms with van der Waals surface area (Å²) < 4.78 is 4.85. The molecular formula is C12H22N2O2S. The van der Waals surface area contributed by atoms with Crippen molar-refractivity contribution in [3.63, 3.8) is 0 Å². The average molecular weight is 258 g/mol. The molecule has 0 saturated heterocycles. The van der Waals surface area contributed by atoms with Crippen LogP contribution in [0.5, 0.6) is 0 Å². The van der Waals surface area contributed by atoms with E-state index in [1.807, 2.05) is 0 Å². The molecule has 1 rings (SSSR count). The quantitative estimate of drug-likeness (QED) is 0.812. The summed E-state index contributed by atoms with van der Waals surface area (Å²) in [5, 5.41) is 15.8. The molecule has 5 heteroatoms. The van der Waals surface area contributed by atoms with E-state index in [1.54, 1.807) is 18.4 Å². The molecule has 1 atom stereocenters. The van der Waals surface area contributed by atoms with Gasteiger partial charge < -0.3 is 15.2 Å². The minimum atomic E-state index is -0.458. The van der Waals surface area contributed by atoms with Gasteiger partial charge in [0.2, 0.25) is 0 Å². The predicted molar refractivity (Wildman–Crippen MR) is 70.4 cm³/mol. The van der Waals surface area contributed by atoms with E-state index in [0.717, 1.165) is 10.7 Å². The molecule has 1 aromatic rings. The molecule has 1 heterocycles. The highest BCUT2D eigenvalue weighted by atomic mass is 32.1. The van der Waals surface area contributed by atoms with Crippen molar-refractivity contribution in [2.75, 3.05) is 20.3 Å². The van der Waals surface area contributed by atoms with Crippen LogP contribution in [-0.2, 0) is 16.7 Å². The molecule has 0 fully saturated rings.